The van der Waals surface area contributed by atoms with Crippen LogP contribution in [0.2, 0.25) is 0 Å². The van der Waals surface area contributed by atoms with Crippen LogP contribution in [0.25, 0.3) is 11.3 Å². The number of hydrogen-bond donors (Lipinski definition) is 1. The normalized spacial score (nSPS) is 12.9. The van der Waals surface area contributed by atoms with Gasteiger partial charge < -0.3 is 9.73 Å². The number of benzene rings is 2. The van der Waals surface area contributed by atoms with E-state index in [1.54, 1.807) is 25.1 Å². The van der Waals surface area contributed by atoms with Gasteiger partial charge in [-0.05, 0) is 61.7 Å². The van der Waals surface area contributed by atoms with Crippen molar-refractivity contribution in [2.24, 2.45) is 0 Å². The fourth-order valence-corrected chi connectivity index (χ4v) is 3.54. The first kappa shape index (κ1) is 18.3. The number of aryl methyl sites for hydroxylation is 2. The molecule has 0 saturated heterocycles. The van der Waals surface area contributed by atoms with Crippen LogP contribution in [0.5, 0.6) is 0 Å². The van der Waals surface area contributed by atoms with Gasteiger partial charge in [0.05, 0.1) is 12.1 Å². The van der Waals surface area contributed by atoms with Crippen molar-refractivity contribution in [1.29, 1.82) is 0 Å². The average molecular weight is 377 g/mol. The predicted octanol–water partition coefficient (Wildman–Crippen LogP) is 4.68. The molecule has 1 aromatic heterocycles. The fraction of sp³-hybridized carbons (Fsp3) is 0.217. The summed E-state index contributed by atoms with van der Waals surface area (Å²) in [7, 11) is 0. The molecule has 0 aliphatic heterocycles. The van der Waals surface area contributed by atoms with Crippen molar-refractivity contribution < 1.29 is 18.4 Å². The largest absolute Gasteiger partial charge is 0.459 e. The second-order valence-corrected chi connectivity index (χ2v) is 7.22. The fourth-order valence-electron chi connectivity index (χ4n) is 3.54. The molecule has 0 saturated carbocycles. The molecule has 0 atom stereocenters. The van der Waals surface area contributed by atoms with E-state index in [1.807, 2.05) is 19.9 Å². The van der Waals surface area contributed by atoms with Crippen LogP contribution in [0.3, 0.4) is 0 Å². The summed E-state index contributed by atoms with van der Waals surface area (Å²) in [6.45, 7) is 6.62. The molecular formula is C23H20FNO3. The zero-order chi connectivity index (χ0) is 20.0. The molecule has 4 nitrogen and oxygen atoms in total. The molecule has 0 bridgehead atoms. The number of halogens is 1. The minimum absolute atomic E-state index is 0.273. The number of carbonyl (C=O) groups excluding carboxylic acids is 2. The van der Waals surface area contributed by atoms with E-state index in [9.17, 15) is 14.0 Å². The Morgan fingerprint density at radius 2 is 1.54 bits per heavy atom. The van der Waals surface area contributed by atoms with Crippen molar-refractivity contribution in [2.75, 3.05) is 0 Å². The lowest BCUT2D eigenvalue weighted by atomic mass is 9.85. The molecule has 2 aromatic carbocycles. The van der Waals surface area contributed by atoms with Crippen LogP contribution >= 0.6 is 0 Å². The third kappa shape index (κ3) is 2.98. The van der Waals surface area contributed by atoms with Gasteiger partial charge in [-0.1, -0.05) is 12.1 Å². The molecule has 0 radical (unpaired) electrons. The van der Waals surface area contributed by atoms with Crippen molar-refractivity contribution >= 4 is 11.6 Å². The molecular weight excluding hydrogens is 357 g/mol. The Morgan fingerprint density at radius 3 is 2.21 bits per heavy atom. The molecule has 28 heavy (non-hydrogen) atoms. The summed E-state index contributed by atoms with van der Waals surface area (Å²) < 4.78 is 19.0. The molecule has 0 unspecified atom stereocenters. The molecule has 1 heterocycles. The molecule has 0 amide bonds. The van der Waals surface area contributed by atoms with Gasteiger partial charge in [-0.25, -0.2) is 4.39 Å². The molecule has 5 heteroatoms. The van der Waals surface area contributed by atoms with Crippen LogP contribution in [0.15, 0.2) is 40.8 Å². The molecule has 0 spiro atoms. The number of hydrogen-bond acceptors (Lipinski definition) is 4. The van der Waals surface area contributed by atoms with Gasteiger partial charge in [0.25, 0.3) is 0 Å². The summed E-state index contributed by atoms with van der Waals surface area (Å²) in [6.07, 6.45) is 0. The van der Waals surface area contributed by atoms with E-state index in [0.29, 0.717) is 46.9 Å². The van der Waals surface area contributed by atoms with Gasteiger partial charge in [-0.3, -0.25) is 9.59 Å². The molecule has 3 aromatic rings. The van der Waals surface area contributed by atoms with Crippen molar-refractivity contribution in [1.82, 2.24) is 5.32 Å². The first-order chi connectivity index (χ1) is 13.4. The van der Waals surface area contributed by atoms with Crippen LogP contribution in [0, 0.1) is 26.6 Å². The van der Waals surface area contributed by atoms with E-state index >= 15 is 0 Å². The highest BCUT2D eigenvalue weighted by Crippen LogP contribution is 2.39. The topological polar surface area (TPSA) is 59.3 Å². The standard InChI is InChI=1S/C23H20FNO3/c1-12-8-17-18(9-13(12)2)23-20(22(27)21(17)26)14(3)19(28-23)11-25-10-15-4-6-16(24)7-5-15/h4-9,25H,10-11H2,1-3H3. The van der Waals surface area contributed by atoms with Gasteiger partial charge in [0.15, 0.2) is 0 Å². The van der Waals surface area contributed by atoms with E-state index in [-0.39, 0.29) is 5.82 Å². The van der Waals surface area contributed by atoms with Crippen molar-refractivity contribution in [3.8, 4) is 11.3 Å². The Morgan fingerprint density at radius 1 is 0.893 bits per heavy atom. The maximum absolute atomic E-state index is 13.0. The maximum atomic E-state index is 13.0. The van der Waals surface area contributed by atoms with Gasteiger partial charge in [-0.15, -0.1) is 0 Å². The van der Waals surface area contributed by atoms with E-state index in [1.165, 1.54) is 12.1 Å². The highest BCUT2D eigenvalue weighted by molar-refractivity contribution is 6.53. The lowest BCUT2D eigenvalue weighted by molar-refractivity contribution is 0.0814. The smallest absolute Gasteiger partial charge is 0.237 e. The lowest BCUT2D eigenvalue weighted by Crippen LogP contribution is -2.21. The third-order valence-corrected chi connectivity index (χ3v) is 5.33. The second kappa shape index (κ2) is 6.84. The number of ketones is 2. The molecule has 0 fully saturated rings. The number of rotatable bonds is 4. The maximum Gasteiger partial charge on any atom is 0.237 e. The molecule has 4 rings (SSSR count). The SMILES string of the molecule is Cc1cc2c(cc1C)-c1oc(CNCc3ccc(F)cc3)c(C)c1C(=O)C2=O. The van der Waals surface area contributed by atoms with Gasteiger partial charge >= 0.3 is 0 Å². The molecule has 1 N–H and O–H groups in total. The number of fused-ring (bicyclic) bond motifs is 3. The zero-order valence-corrected chi connectivity index (χ0v) is 16.0. The Hall–Kier alpha value is -3.05. The monoisotopic (exact) mass is 377 g/mol. The summed E-state index contributed by atoms with van der Waals surface area (Å²) in [6, 6.07) is 9.93. The molecule has 142 valence electrons. The number of furan rings is 1. The van der Waals surface area contributed by atoms with Gasteiger partial charge in [0, 0.05) is 23.2 Å². The average Bonchev–Trinajstić information content (AvgIpc) is 3.00. The first-order valence-corrected chi connectivity index (χ1v) is 9.15. The number of Topliss-reactive ketones (excluding diaryl/α,β-unsaturated/α-hetero) is 2. The summed E-state index contributed by atoms with van der Waals surface area (Å²) in [5, 5.41) is 3.25. The summed E-state index contributed by atoms with van der Waals surface area (Å²) >= 11 is 0. The van der Waals surface area contributed by atoms with Gasteiger partial charge in [-0.2, -0.15) is 0 Å². The minimum atomic E-state index is -0.517. The van der Waals surface area contributed by atoms with Crippen molar-refractivity contribution in [3.63, 3.8) is 0 Å². The highest BCUT2D eigenvalue weighted by atomic mass is 19.1. The number of nitrogens with one attached hydrogen (secondary N) is 1. The van der Waals surface area contributed by atoms with Crippen LogP contribution in [0.1, 0.15) is 48.7 Å². The first-order valence-electron chi connectivity index (χ1n) is 9.15. The van der Waals surface area contributed by atoms with Crippen LogP contribution in [-0.4, -0.2) is 11.6 Å². The summed E-state index contributed by atoms with van der Waals surface area (Å²) in [5.41, 5.74) is 5.07. The van der Waals surface area contributed by atoms with E-state index in [2.05, 4.69) is 5.32 Å². The van der Waals surface area contributed by atoms with Crippen LogP contribution < -0.4 is 5.32 Å². The van der Waals surface area contributed by atoms with E-state index in [4.69, 9.17) is 4.42 Å². The van der Waals surface area contributed by atoms with Crippen LogP contribution in [0.4, 0.5) is 4.39 Å². The summed E-state index contributed by atoms with van der Waals surface area (Å²) in [5.74, 6) is -0.180. The van der Waals surface area contributed by atoms with Crippen molar-refractivity contribution in [2.45, 2.75) is 33.9 Å². The van der Waals surface area contributed by atoms with Gasteiger partial charge in [0.1, 0.15) is 17.3 Å². The predicted molar refractivity (Wildman–Crippen MR) is 104 cm³/mol. The Kier molecular flexibility index (Phi) is 4.47. The zero-order valence-electron chi connectivity index (χ0n) is 16.0. The van der Waals surface area contributed by atoms with Crippen molar-refractivity contribution in [3.05, 3.63) is 81.4 Å². The Labute approximate surface area is 162 Å². The second-order valence-electron chi connectivity index (χ2n) is 7.22. The Bertz CT molecular complexity index is 1110. The molecule has 1 aliphatic carbocycles. The summed E-state index contributed by atoms with van der Waals surface area (Å²) in [4.78, 5) is 25.3. The van der Waals surface area contributed by atoms with Crippen LogP contribution in [-0.2, 0) is 13.1 Å². The van der Waals surface area contributed by atoms with E-state index < -0.39 is 11.6 Å². The third-order valence-electron chi connectivity index (χ3n) is 5.33. The molecule has 1 aliphatic rings. The van der Waals surface area contributed by atoms with Gasteiger partial charge in [0.2, 0.25) is 11.6 Å². The highest BCUT2D eigenvalue weighted by Gasteiger charge is 2.36. The quantitative estimate of drug-likeness (QED) is 0.671. The number of carbonyl (C=O) groups is 2. The lowest BCUT2D eigenvalue weighted by Gasteiger charge is -2.15. The Balaban J connectivity index is 1.65. The minimum Gasteiger partial charge on any atom is -0.459 e. The van der Waals surface area contributed by atoms with E-state index in [0.717, 1.165) is 16.7 Å².